The fourth-order valence-corrected chi connectivity index (χ4v) is 1.32. The Morgan fingerprint density at radius 1 is 1.73 bits per heavy atom. The Balaban J connectivity index is 2.80. The molecule has 0 aromatic carbocycles. The molecule has 0 aliphatic rings. The van der Waals surface area contributed by atoms with Crippen molar-refractivity contribution in [1.82, 2.24) is 4.98 Å². The summed E-state index contributed by atoms with van der Waals surface area (Å²) < 4.78 is 4.83. The number of hydrogen-bond donors (Lipinski definition) is 1. The number of aryl methyl sites for hydroxylation is 1. The molecule has 15 heavy (non-hydrogen) atoms. The minimum Gasteiger partial charge on any atom is -0.479 e. The molecule has 0 spiro atoms. The number of nitrogens with zero attached hydrogens (tertiary/aromatic N) is 1. The topological polar surface area (TPSA) is 59.4 Å². The summed E-state index contributed by atoms with van der Waals surface area (Å²) in [6.07, 6.45) is 1.01. The van der Waals surface area contributed by atoms with E-state index >= 15 is 0 Å². The van der Waals surface area contributed by atoms with Gasteiger partial charge in [-0.3, -0.25) is 0 Å². The van der Waals surface area contributed by atoms with Gasteiger partial charge in [0.05, 0.1) is 0 Å². The molecule has 0 bridgehead atoms. The summed E-state index contributed by atoms with van der Waals surface area (Å²) in [5, 5.41) is 9.22. The van der Waals surface area contributed by atoms with Crippen molar-refractivity contribution in [2.45, 2.75) is 19.4 Å². The predicted molar refractivity (Wildman–Crippen MR) is 56.1 cm³/mol. The van der Waals surface area contributed by atoms with Crippen LogP contribution in [0.25, 0.3) is 0 Å². The molecule has 1 heterocycles. The summed E-state index contributed by atoms with van der Waals surface area (Å²) in [6.45, 7) is 1.82. The number of carboxylic acids is 1. The standard InChI is InChI=1S/C10H12ClNO3/c1-6-3-7(5-12-9(6)11)4-8(15-2)10(13)14/h3,5,8H,4H2,1-2H3,(H,13,14). The monoisotopic (exact) mass is 229 g/mol. The van der Waals surface area contributed by atoms with E-state index < -0.39 is 12.1 Å². The third-order valence-corrected chi connectivity index (χ3v) is 2.45. The lowest BCUT2D eigenvalue weighted by Gasteiger charge is -2.10. The van der Waals surface area contributed by atoms with Crippen LogP contribution in [0.15, 0.2) is 12.3 Å². The second kappa shape index (κ2) is 5.09. The average molecular weight is 230 g/mol. The van der Waals surface area contributed by atoms with Gasteiger partial charge in [-0.25, -0.2) is 9.78 Å². The van der Waals surface area contributed by atoms with Crippen molar-refractivity contribution in [2.24, 2.45) is 0 Å². The van der Waals surface area contributed by atoms with Crippen LogP contribution in [0, 0.1) is 6.92 Å². The minimum atomic E-state index is -0.981. The Hall–Kier alpha value is -1.13. The first-order valence-corrected chi connectivity index (χ1v) is 4.79. The number of carboxylic acid groups (broad SMARTS) is 1. The van der Waals surface area contributed by atoms with E-state index in [2.05, 4.69) is 4.98 Å². The molecule has 1 N–H and O–H groups in total. The summed E-state index contributed by atoms with van der Waals surface area (Å²) in [4.78, 5) is 14.7. The molecule has 0 amide bonds. The summed E-state index contributed by atoms with van der Waals surface area (Å²) in [5.74, 6) is -0.981. The quantitative estimate of drug-likeness (QED) is 0.799. The third kappa shape index (κ3) is 3.18. The maximum atomic E-state index is 10.7. The number of rotatable bonds is 4. The third-order valence-electron chi connectivity index (χ3n) is 2.05. The van der Waals surface area contributed by atoms with Crippen molar-refractivity contribution in [3.05, 3.63) is 28.5 Å². The maximum absolute atomic E-state index is 10.7. The molecule has 0 saturated carbocycles. The van der Waals surface area contributed by atoms with Gasteiger partial charge in [-0.2, -0.15) is 0 Å². The zero-order chi connectivity index (χ0) is 11.4. The van der Waals surface area contributed by atoms with Crippen molar-refractivity contribution >= 4 is 17.6 Å². The Morgan fingerprint density at radius 2 is 2.40 bits per heavy atom. The van der Waals surface area contributed by atoms with Crippen LogP contribution in [-0.2, 0) is 16.0 Å². The SMILES string of the molecule is COC(Cc1cnc(Cl)c(C)c1)C(=O)O. The number of aliphatic carboxylic acids is 1. The van der Waals surface area contributed by atoms with Crippen molar-refractivity contribution in [2.75, 3.05) is 7.11 Å². The number of methoxy groups -OCH3 is 1. The summed E-state index contributed by atoms with van der Waals surface area (Å²) in [6, 6.07) is 1.81. The number of hydrogen-bond acceptors (Lipinski definition) is 3. The summed E-state index contributed by atoms with van der Waals surface area (Å²) >= 11 is 5.75. The minimum absolute atomic E-state index is 0.289. The van der Waals surface area contributed by atoms with E-state index in [0.717, 1.165) is 11.1 Å². The predicted octanol–water partition coefficient (Wildman–Crippen LogP) is 1.69. The number of halogens is 1. The van der Waals surface area contributed by atoms with Gasteiger partial charge in [0, 0.05) is 19.7 Å². The number of carbonyl (C=O) groups is 1. The average Bonchev–Trinajstić information content (AvgIpc) is 2.19. The van der Waals surface area contributed by atoms with Crippen LogP contribution in [0.2, 0.25) is 5.15 Å². The molecule has 82 valence electrons. The van der Waals surface area contributed by atoms with Crippen LogP contribution in [-0.4, -0.2) is 29.3 Å². The lowest BCUT2D eigenvalue weighted by molar-refractivity contribution is -0.148. The van der Waals surface area contributed by atoms with Gasteiger partial charge in [0.25, 0.3) is 0 Å². The first-order valence-electron chi connectivity index (χ1n) is 4.41. The van der Waals surface area contributed by atoms with E-state index in [1.165, 1.54) is 7.11 Å². The van der Waals surface area contributed by atoms with Crippen LogP contribution < -0.4 is 0 Å². The zero-order valence-corrected chi connectivity index (χ0v) is 9.28. The molecule has 0 aliphatic carbocycles. The first kappa shape index (κ1) is 11.9. The molecule has 1 unspecified atom stereocenters. The highest BCUT2D eigenvalue weighted by atomic mass is 35.5. The van der Waals surface area contributed by atoms with E-state index in [-0.39, 0.29) is 6.42 Å². The molecule has 0 aliphatic heterocycles. The molecule has 5 heteroatoms. The van der Waals surface area contributed by atoms with Gasteiger partial charge in [0.2, 0.25) is 0 Å². The lowest BCUT2D eigenvalue weighted by atomic mass is 10.1. The van der Waals surface area contributed by atoms with Crippen LogP contribution in [0.4, 0.5) is 0 Å². The molecule has 1 rings (SSSR count). The van der Waals surface area contributed by atoms with E-state index in [1.807, 2.05) is 13.0 Å². The van der Waals surface area contributed by atoms with Gasteiger partial charge in [-0.15, -0.1) is 0 Å². The van der Waals surface area contributed by atoms with Crippen molar-refractivity contribution in [3.63, 3.8) is 0 Å². The van der Waals surface area contributed by atoms with E-state index in [1.54, 1.807) is 6.20 Å². The first-order chi connectivity index (χ1) is 7.04. The van der Waals surface area contributed by atoms with Crippen LogP contribution in [0.1, 0.15) is 11.1 Å². The van der Waals surface area contributed by atoms with Crippen LogP contribution >= 0.6 is 11.6 Å². The van der Waals surface area contributed by atoms with Crippen LogP contribution in [0.3, 0.4) is 0 Å². The Bertz CT molecular complexity index is 368. The number of pyridine rings is 1. The highest BCUT2D eigenvalue weighted by Crippen LogP contribution is 2.14. The van der Waals surface area contributed by atoms with Gasteiger partial charge >= 0.3 is 5.97 Å². The van der Waals surface area contributed by atoms with Gasteiger partial charge in [0.1, 0.15) is 5.15 Å². The van der Waals surface area contributed by atoms with E-state index in [4.69, 9.17) is 21.4 Å². The molecule has 1 aromatic rings. The van der Waals surface area contributed by atoms with Gasteiger partial charge in [-0.1, -0.05) is 17.7 Å². The Morgan fingerprint density at radius 3 is 2.87 bits per heavy atom. The van der Waals surface area contributed by atoms with E-state index in [0.29, 0.717) is 5.15 Å². The maximum Gasteiger partial charge on any atom is 0.333 e. The van der Waals surface area contributed by atoms with E-state index in [9.17, 15) is 4.79 Å². The number of aromatic nitrogens is 1. The van der Waals surface area contributed by atoms with Gasteiger partial charge in [-0.05, 0) is 18.1 Å². The molecular formula is C10H12ClNO3. The molecule has 0 saturated heterocycles. The number of ether oxygens (including phenoxy) is 1. The molecule has 1 aromatic heterocycles. The largest absolute Gasteiger partial charge is 0.479 e. The fourth-order valence-electron chi connectivity index (χ4n) is 1.21. The highest BCUT2D eigenvalue weighted by Gasteiger charge is 2.17. The Labute approximate surface area is 92.8 Å². The fraction of sp³-hybridized carbons (Fsp3) is 0.400. The molecule has 4 nitrogen and oxygen atoms in total. The Kier molecular flexibility index (Phi) is 4.05. The lowest BCUT2D eigenvalue weighted by Crippen LogP contribution is -2.24. The van der Waals surface area contributed by atoms with Gasteiger partial charge in [0.15, 0.2) is 6.10 Å². The normalized spacial score (nSPS) is 12.5. The molecule has 0 fully saturated rings. The van der Waals surface area contributed by atoms with Crippen molar-refractivity contribution < 1.29 is 14.6 Å². The smallest absolute Gasteiger partial charge is 0.333 e. The summed E-state index contributed by atoms with van der Waals surface area (Å²) in [5.41, 5.74) is 1.63. The molecular weight excluding hydrogens is 218 g/mol. The van der Waals surface area contributed by atoms with Crippen LogP contribution in [0.5, 0.6) is 0 Å². The van der Waals surface area contributed by atoms with Crippen molar-refractivity contribution in [1.29, 1.82) is 0 Å². The highest BCUT2D eigenvalue weighted by molar-refractivity contribution is 6.30. The van der Waals surface area contributed by atoms with Crippen molar-refractivity contribution in [3.8, 4) is 0 Å². The second-order valence-electron chi connectivity index (χ2n) is 3.22. The zero-order valence-electron chi connectivity index (χ0n) is 8.53. The van der Waals surface area contributed by atoms with Gasteiger partial charge < -0.3 is 9.84 Å². The second-order valence-corrected chi connectivity index (χ2v) is 3.58. The summed E-state index contributed by atoms with van der Waals surface area (Å²) in [7, 11) is 1.37. The molecule has 1 atom stereocenters. The molecule has 0 radical (unpaired) electrons.